The molecule has 0 saturated carbocycles. The molecule has 0 radical (unpaired) electrons. The zero-order valence-corrected chi connectivity index (χ0v) is 19.8. The fourth-order valence-corrected chi connectivity index (χ4v) is 6.07. The van der Waals surface area contributed by atoms with Crippen LogP contribution in [0.2, 0.25) is 0 Å². The molecule has 4 nitrogen and oxygen atoms in total. The smallest absolute Gasteiger partial charge is 0.168 e. The number of pyridine rings is 1. The molecule has 1 aromatic heterocycles. The summed E-state index contributed by atoms with van der Waals surface area (Å²) in [6.07, 6.45) is 8.84. The number of hydrogen-bond donors (Lipinski definition) is 0. The molecule has 0 aliphatic carbocycles. The number of hydrogen-bond acceptors (Lipinski definition) is 3. The van der Waals surface area contributed by atoms with Crippen LogP contribution in [0.4, 0.5) is 0 Å². The Hall–Kier alpha value is -2.07. The van der Waals surface area contributed by atoms with Crippen molar-refractivity contribution >= 4 is 28.6 Å². The van der Waals surface area contributed by atoms with Gasteiger partial charge in [-0.05, 0) is 37.5 Å². The largest absolute Gasteiger partial charge is 0.748 e. The van der Waals surface area contributed by atoms with Crippen LogP contribution >= 0.6 is 7.92 Å². The van der Waals surface area contributed by atoms with Crippen LogP contribution in [-0.2, 0) is 16.7 Å². The summed E-state index contributed by atoms with van der Waals surface area (Å²) in [7, 11) is -4.59. The zero-order valence-electron chi connectivity index (χ0n) is 18.1. The number of aryl methyl sites for hydroxylation is 1. The fourth-order valence-electron chi connectivity index (χ4n) is 3.10. The van der Waals surface area contributed by atoms with E-state index in [0.29, 0.717) is 6.42 Å². The van der Waals surface area contributed by atoms with E-state index < -0.39 is 18.0 Å². The first-order valence-electron chi connectivity index (χ1n) is 10.7. The van der Waals surface area contributed by atoms with E-state index in [2.05, 4.69) is 60.3 Å². The Labute approximate surface area is 188 Å². The van der Waals surface area contributed by atoms with Gasteiger partial charge in [0.1, 0.15) is 6.54 Å². The molecule has 0 bridgehead atoms. The van der Waals surface area contributed by atoms with Crippen molar-refractivity contribution in [2.24, 2.45) is 0 Å². The lowest BCUT2D eigenvalue weighted by Gasteiger charge is -2.18. The minimum absolute atomic E-state index is 0.264. The number of rotatable bonds is 10. The van der Waals surface area contributed by atoms with Gasteiger partial charge in [0.15, 0.2) is 12.4 Å². The minimum Gasteiger partial charge on any atom is -0.748 e. The third-order valence-corrected chi connectivity index (χ3v) is 8.10. The molecule has 0 aliphatic heterocycles. The first-order valence-corrected chi connectivity index (χ1v) is 13.9. The summed E-state index contributed by atoms with van der Waals surface area (Å²) in [4.78, 5) is 0. The molecule has 0 N–H and O–H groups in total. The monoisotopic (exact) mass is 457 g/mol. The summed E-state index contributed by atoms with van der Waals surface area (Å²) in [6.45, 7) is 3.36. The molecule has 0 aliphatic rings. The highest BCUT2D eigenvalue weighted by atomic mass is 32.2. The van der Waals surface area contributed by atoms with Crippen LogP contribution in [0.25, 0.3) is 0 Å². The molecule has 0 atom stereocenters. The summed E-state index contributed by atoms with van der Waals surface area (Å²) < 4.78 is 34.2. The van der Waals surface area contributed by atoms with E-state index >= 15 is 0 Å². The maximum Gasteiger partial charge on any atom is 0.168 e. The van der Waals surface area contributed by atoms with Crippen molar-refractivity contribution in [1.29, 1.82) is 0 Å². The normalized spacial score (nSPS) is 11.1. The minimum atomic E-state index is -4.09. The van der Waals surface area contributed by atoms with Gasteiger partial charge in [0, 0.05) is 24.3 Å². The molecule has 3 rings (SSSR count). The second kappa shape index (κ2) is 14.1. The first-order chi connectivity index (χ1) is 15.0. The van der Waals surface area contributed by atoms with E-state index in [-0.39, 0.29) is 5.75 Å². The quantitative estimate of drug-likeness (QED) is 0.198. The van der Waals surface area contributed by atoms with Crippen molar-refractivity contribution in [3.63, 3.8) is 0 Å². The van der Waals surface area contributed by atoms with Gasteiger partial charge in [-0.2, -0.15) is 0 Å². The van der Waals surface area contributed by atoms with E-state index in [9.17, 15) is 13.0 Å². The van der Waals surface area contributed by atoms with Gasteiger partial charge in [-0.25, -0.2) is 13.0 Å². The van der Waals surface area contributed by atoms with E-state index in [1.54, 1.807) is 0 Å². The van der Waals surface area contributed by atoms with Gasteiger partial charge in [-0.1, -0.05) is 80.1 Å². The van der Waals surface area contributed by atoms with Crippen molar-refractivity contribution < 1.29 is 17.5 Å². The summed E-state index contributed by atoms with van der Waals surface area (Å²) >= 11 is 0. The van der Waals surface area contributed by atoms with Gasteiger partial charge < -0.3 is 4.55 Å². The van der Waals surface area contributed by atoms with Gasteiger partial charge in [-0.3, -0.25) is 0 Å². The third-order valence-electron chi connectivity index (χ3n) is 4.71. The SMILES string of the molecule is CCCC[n+]1ccccc1.O=S(=O)([O-])CCCCP(c1ccccc1)c1ccccc1. The van der Waals surface area contributed by atoms with E-state index in [1.165, 1.54) is 23.5 Å². The Bertz CT molecular complexity index is 912. The third kappa shape index (κ3) is 10.7. The lowest BCUT2D eigenvalue weighted by molar-refractivity contribution is -0.697. The van der Waals surface area contributed by atoms with Crippen LogP contribution < -0.4 is 15.2 Å². The predicted octanol–water partition coefficient (Wildman–Crippen LogP) is 4.22. The average Bonchev–Trinajstić information content (AvgIpc) is 2.79. The molecule has 0 saturated heterocycles. The van der Waals surface area contributed by atoms with E-state index in [1.807, 2.05) is 42.5 Å². The van der Waals surface area contributed by atoms with Crippen LogP contribution in [0.3, 0.4) is 0 Å². The molecule has 31 heavy (non-hydrogen) atoms. The maximum absolute atomic E-state index is 10.7. The Balaban J connectivity index is 0.000000285. The lowest BCUT2D eigenvalue weighted by Crippen LogP contribution is -2.31. The van der Waals surface area contributed by atoms with Gasteiger partial charge in [0.05, 0.1) is 10.1 Å². The topological polar surface area (TPSA) is 61.1 Å². The fraction of sp³-hybridized carbons (Fsp3) is 0.320. The Morgan fingerprint density at radius 2 is 1.29 bits per heavy atom. The summed E-state index contributed by atoms with van der Waals surface area (Å²) in [5.74, 6) is -0.264. The van der Waals surface area contributed by atoms with Crippen LogP contribution in [0, 0.1) is 0 Å². The first kappa shape index (κ1) is 25.2. The average molecular weight is 458 g/mol. The lowest BCUT2D eigenvalue weighted by atomic mass is 10.3. The van der Waals surface area contributed by atoms with Crippen LogP contribution in [0.15, 0.2) is 91.3 Å². The van der Waals surface area contributed by atoms with Gasteiger partial charge in [-0.15, -0.1) is 0 Å². The second-order valence-electron chi connectivity index (χ2n) is 7.26. The molecule has 0 fully saturated rings. The molecular formula is C25H32NO3PS. The summed E-state index contributed by atoms with van der Waals surface area (Å²) in [6, 6.07) is 26.7. The molecule has 0 spiro atoms. The predicted molar refractivity (Wildman–Crippen MR) is 129 cm³/mol. The molecular weight excluding hydrogens is 425 g/mol. The van der Waals surface area contributed by atoms with Crippen LogP contribution in [0.1, 0.15) is 32.6 Å². The highest BCUT2D eigenvalue weighted by Crippen LogP contribution is 2.34. The molecule has 0 unspecified atom stereocenters. The molecule has 6 heteroatoms. The maximum atomic E-state index is 10.7. The molecule has 3 aromatic rings. The van der Waals surface area contributed by atoms with Crippen molar-refractivity contribution in [2.45, 2.75) is 39.2 Å². The number of unbranched alkanes of at least 4 members (excludes halogenated alkanes) is 2. The summed E-state index contributed by atoms with van der Waals surface area (Å²) in [5, 5.41) is 2.56. The van der Waals surface area contributed by atoms with E-state index in [0.717, 1.165) is 19.1 Å². The Morgan fingerprint density at radius 3 is 1.77 bits per heavy atom. The van der Waals surface area contributed by atoms with Crippen LogP contribution in [0.5, 0.6) is 0 Å². The molecule has 1 heterocycles. The highest BCUT2D eigenvalue weighted by Gasteiger charge is 2.12. The standard InChI is InChI=1S/C16H19O3PS.C9H14N/c17-21(18,19)14-8-7-13-20(15-9-3-1-4-10-15)16-11-5-2-6-12-16;1-2-3-7-10-8-5-4-6-9-10/h1-6,9-12H,7-8,13-14H2,(H,17,18,19);4-6,8-9H,2-3,7H2,1H3/q;+1/p-1. The van der Waals surface area contributed by atoms with Gasteiger partial charge >= 0.3 is 0 Å². The molecule has 0 amide bonds. The Morgan fingerprint density at radius 1 is 0.774 bits per heavy atom. The number of aromatic nitrogens is 1. The number of nitrogens with zero attached hydrogens (tertiary/aromatic N) is 1. The van der Waals surface area contributed by atoms with Crippen molar-refractivity contribution in [2.75, 3.05) is 11.9 Å². The Kier molecular flexibility index (Phi) is 11.4. The van der Waals surface area contributed by atoms with Gasteiger partial charge in [0.2, 0.25) is 0 Å². The highest BCUT2D eigenvalue weighted by molar-refractivity contribution is 7.85. The van der Waals surface area contributed by atoms with E-state index in [4.69, 9.17) is 0 Å². The molecule has 2 aromatic carbocycles. The molecule has 166 valence electrons. The summed E-state index contributed by atoms with van der Waals surface area (Å²) in [5.41, 5.74) is 0. The zero-order chi connectivity index (χ0) is 22.4. The van der Waals surface area contributed by atoms with Crippen molar-refractivity contribution in [1.82, 2.24) is 0 Å². The second-order valence-corrected chi connectivity index (χ2v) is 11.1. The number of benzene rings is 2. The van der Waals surface area contributed by atoms with Crippen LogP contribution in [-0.4, -0.2) is 24.9 Å². The van der Waals surface area contributed by atoms with Crippen molar-refractivity contribution in [3.05, 3.63) is 91.3 Å². The van der Waals surface area contributed by atoms with Gasteiger partial charge in [0.25, 0.3) is 0 Å². The van der Waals surface area contributed by atoms with Crippen molar-refractivity contribution in [3.8, 4) is 0 Å².